The van der Waals surface area contributed by atoms with Crippen molar-refractivity contribution < 1.29 is 17.9 Å². The molecule has 0 amide bonds. The van der Waals surface area contributed by atoms with Crippen molar-refractivity contribution in [2.24, 2.45) is 0 Å². The Labute approximate surface area is 107 Å². The van der Waals surface area contributed by atoms with E-state index in [1.807, 2.05) is 0 Å². The van der Waals surface area contributed by atoms with Crippen LogP contribution in [0.4, 0.5) is 24.5 Å². The predicted molar refractivity (Wildman–Crippen MR) is 66.8 cm³/mol. The third-order valence-corrected chi connectivity index (χ3v) is 2.45. The van der Waals surface area contributed by atoms with Gasteiger partial charge >= 0.3 is 6.18 Å². The fraction of sp³-hybridized carbons (Fsp3) is 0.0769. The Balaban J connectivity index is 2.40. The molecule has 2 aromatic rings. The minimum Gasteiger partial charge on any atom is -0.457 e. The van der Waals surface area contributed by atoms with E-state index in [1.165, 1.54) is 42.5 Å². The first-order valence-corrected chi connectivity index (χ1v) is 5.37. The first-order valence-electron chi connectivity index (χ1n) is 5.37. The van der Waals surface area contributed by atoms with Gasteiger partial charge in [-0.2, -0.15) is 13.2 Å². The highest BCUT2D eigenvalue weighted by atomic mass is 19.4. The second-order valence-corrected chi connectivity index (χ2v) is 3.89. The zero-order chi connectivity index (χ0) is 14.0. The molecule has 0 aliphatic heterocycles. The Morgan fingerprint density at radius 1 is 0.895 bits per heavy atom. The van der Waals surface area contributed by atoms with Crippen molar-refractivity contribution in [2.45, 2.75) is 6.18 Å². The zero-order valence-electron chi connectivity index (χ0n) is 9.74. The standard InChI is InChI=1S/C13H11F3N2O/c14-13(15,16)12-10(18)2-1-3-11(12)19-9-6-4-8(17)5-7-9/h1-7H,17-18H2. The highest BCUT2D eigenvalue weighted by Crippen LogP contribution is 2.41. The lowest BCUT2D eigenvalue weighted by atomic mass is 10.1. The molecule has 3 nitrogen and oxygen atoms in total. The van der Waals surface area contributed by atoms with E-state index in [2.05, 4.69) is 0 Å². The topological polar surface area (TPSA) is 61.3 Å². The van der Waals surface area contributed by atoms with E-state index in [-0.39, 0.29) is 17.2 Å². The second kappa shape index (κ2) is 4.72. The fourth-order valence-electron chi connectivity index (χ4n) is 1.60. The van der Waals surface area contributed by atoms with Crippen LogP contribution in [-0.4, -0.2) is 0 Å². The molecule has 2 rings (SSSR count). The van der Waals surface area contributed by atoms with E-state index in [0.717, 1.165) is 0 Å². The van der Waals surface area contributed by atoms with Gasteiger partial charge in [-0.1, -0.05) is 6.07 Å². The lowest BCUT2D eigenvalue weighted by Gasteiger charge is -2.15. The van der Waals surface area contributed by atoms with Crippen LogP contribution in [0.25, 0.3) is 0 Å². The molecule has 0 radical (unpaired) electrons. The Morgan fingerprint density at radius 3 is 2.11 bits per heavy atom. The molecule has 0 unspecified atom stereocenters. The minimum absolute atomic E-state index is 0.255. The zero-order valence-corrected chi connectivity index (χ0v) is 9.74. The first-order chi connectivity index (χ1) is 8.88. The van der Waals surface area contributed by atoms with Gasteiger partial charge in [0.1, 0.15) is 17.1 Å². The number of anilines is 2. The lowest BCUT2D eigenvalue weighted by molar-refractivity contribution is -0.137. The first kappa shape index (κ1) is 13.1. The summed E-state index contributed by atoms with van der Waals surface area (Å²) >= 11 is 0. The van der Waals surface area contributed by atoms with Crippen molar-refractivity contribution in [3.63, 3.8) is 0 Å². The number of halogens is 3. The van der Waals surface area contributed by atoms with E-state index >= 15 is 0 Å². The molecule has 4 N–H and O–H groups in total. The van der Waals surface area contributed by atoms with Crippen molar-refractivity contribution >= 4 is 11.4 Å². The molecule has 0 saturated carbocycles. The highest BCUT2D eigenvalue weighted by molar-refractivity contribution is 5.57. The van der Waals surface area contributed by atoms with Crippen LogP contribution in [0.3, 0.4) is 0 Å². The van der Waals surface area contributed by atoms with Gasteiger partial charge in [0.15, 0.2) is 0 Å². The predicted octanol–water partition coefficient (Wildman–Crippen LogP) is 3.66. The summed E-state index contributed by atoms with van der Waals surface area (Å²) in [7, 11) is 0. The van der Waals surface area contributed by atoms with Crippen LogP contribution in [0.5, 0.6) is 11.5 Å². The van der Waals surface area contributed by atoms with Gasteiger partial charge in [0.05, 0.1) is 0 Å². The summed E-state index contributed by atoms with van der Waals surface area (Å²) in [6.07, 6.45) is -4.57. The third-order valence-electron chi connectivity index (χ3n) is 2.45. The van der Waals surface area contributed by atoms with Crippen molar-refractivity contribution in [2.75, 3.05) is 11.5 Å². The SMILES string of the molecule is Nc1ccc(Oc2cccc(N)c2C(F)(F)F)cc1. The number of ether oxygens (including phenoxy) is 1. The summed E-state index contributed by atoms with van der Waals surface area (Å²) in [4.78, 5) is 0. The van der Waals surface area contributed by atoms with Crippen molar-refractivity contribution in [1.82, 2.24) is 0 Å². The molecule has 100 valence electrons. The molecular formula is C13H11F3N2O. The maximum absolute atomic E-state index is 12.9. The van der Waals surface area contributed by atoms with Gasteiger partial charge in [0, 0.05) is 11.4 Å². The van der Waals surface area contributed by atoms with Crippen molar-refractivity contribution in [3.05, 3.63) is 48.0 Å². The monoisotopic (exact) mass is 268 g/mol. The van der Waals surface area contributed by atoms with Crippen LogP contribution in [0.2, 0.25) is 0 Å². The van der Waals surface area contributed by atoms with Crippen LogP contribution in [0.15, 0.2) is 42.5 Å². The maximum atomic E-state index is 12.9. The third kappa shape index (κ3) is 2.90. The van der Waals surface area contributed by atoms with Gasteiger partial charge in [0.2, 0.25) is 0 Å². The average molecular weight is 268 g/mol. The van der Waals surface area contributed by atoms with Crippen molar-refractivity contribution in [3.8, 4) is 11.5 Å². The molecule has 0 aromatic heterocycles. The van der Waals surface area contributed by atoms with Crippen molar-refractivity contribution in [1.29, 1.82) is 0 Å². The number of hydrogen-bond donors (Lipinski definition) is 2. The highest BCUT2D eigenvalue weighted by Gasteiger charge is 2.36. The fourth-order valence-corrected chi connectivity index (χ4v) is 1.60. The van der Waals surface area contributed by atoms with Crippen LogP contribution < -0.4 is 16.2 Å². The Bertz CT molecular complexity index is 579. The smallest absolute Gasteiger partial charge is 0.421 e. The molecule has 0 aliphatic rings. The molecule has 0 fully saturated rings. The quantitative estimate of drug-likeness (QED) is 0.817. The summed E-state index contributed by atoms with van der Waals surface area (Å²) in [6.45, 7) is 0. The molecule has 0 atom stereocenters. The average Bonchev–Trinajstić information content (AvgIpc) is 2.30. The van der Waals surface area contributed by atoms with Gasteiger partial charge in [-0.15, -0.1) is 0 Å². The number of alkyl halides is 3. The van der Waals surface area contributed by atoms with Gasteiger partial charge in [-0.05, 0) is 36.4 Å². The van der Waals surface area contributed by atoms with Gasteiger partial charge in [-0.3, -0.25) is 0 Å². The molecule has 19 heavy (non-hydrogen) atoms. The van der Waals surface area contributed by atoms with Gasteiger partial charge in [0.25, 0.3) is 0 Å². The van der Waals surface area contributed by atoms with E-state index in [4.69, 9.17) is 16.2 Å². The molecule has 0 bridgehead atoms. The number of nitrogens with two attached hydrogens (primary N) is 2. The normalized spacial score (nSPS) is 11.3. The number of benzene rings is 2. The van der Waals surface area contributed by atoms with Crippen LogP contribution in [0, 0.1) is 0 Å². The summed E-state index contributed by atoms with van der Waals surface area (Å²) in [5, 5.41) is 0. The molecular weight excluding hydrogens is 257 g/mol. The number of rotatable bonds is 2. The van der Waals surface area contributed by atoms with E-state index in [0.29, 0.717) is 5.69 Å². The van der Waals surface area contributed by atoms with E-state index in [1.54, 1.807) is 0 Å². The molecule has 0 heterocycles. The van der Waals surface area contributed by atoms with E-state index in [9.17, 15) is 13.2 Å². The summed E-state index contributed by atoms with van der Waals surface area (Å²) in [5.74, 6) is -0.0810. The molecule has 2 aromatic carbocycles. The Kier molecular flexibility index (Phi) is 3.25. The number of hydrogen-bond acceptors (Lipinski definition) is 3. The van der Waals surface area contributed by atoms with E-state index < -0.39 is 11.7 Å². The summed E-state index contributed by atoms with van der Waals surface area (Å²) < 4.78 is 43.9. The van der Waals surface area contributed by atoms with Crippen LogP contribution in [0.1, 0.15) is 5.56 Å². The number of nitrogen functional groups attached to an aromatic ring is 2. The van der Waals surface area contributed by atoms with Gasteiger partial charge < -0.3 is 16.2 Å². The summed E-state index contributed by atoms with van der Waals surface area (Å²) in [5.41, 5.74) is 9.99. The largest absolute Gasteiger partial charge is 0.457 e. The molecule has 0 saturated heterocycles. The van der Waals surface area contributed by atoms with Crippen LogP contribution in [-0.2, 0) is 6.18 Å². The molecule has 6 heteroatoms. The second-order valence-electron chi connectivity index (χ2n) is 3.89. The Morgan fingerprint density at radius 2 is 1.53 bits per heavy atom. The van der Waals surface area contributed by atoms with Crippen LogP contribution >= 0.6 is 0 Å². The molecule has 0 aliphatic carbocycles. The minimum atomic E-state index is -4.57. The maximum Gasteiger partial charge on any atom is 0.421 e. The summed E-state index contributed by atoms with van der Waals surface area (Å²) in [6, 6.07) is 9.84. The molecule has 0 spiro atoms. The lowest BCUT2D eigenvalue weighted by Crippen LogP contribution is -2.10. The van der Waals surface area contributed by atoms with Gasteiger partial charge in [-0.25, -0.2) is 0 Å². The Hall–Kier alpha value is -2.37.